The van der Waals surface area contributed by atoms with Gasteiger partial charge in [0.25, 0.3) is 0 Å². The van der Waals surface area contributed by atoms with E-state index in [0.717, 1.165) is 37.4 Å². The van der Waals surface area contributed by atoms with Crippen LogP contribution in [0.2, 0.25) is 0 Å². The first-order chi connectivity index (χ1) is 10.6. The molecule has 2 atom stereocenters. The number of amides is 1. The second kappa shape index (κ2) is 8.36. The van der Waals surface area contributed by atoms with Gasteiger partial charge in [0.2, 0.25) is 5.91 Å². The molecule has 2 fully saturated rings. The number of nitrogens with one attached hydrogen (secondary N) is 1. The van der Waals surface area contributed by atoms with Crippen molar-refractivity contribution in [1.29, 1.82) is 0 Å². The Bertz CT molecular complexity index is 384. The molecule has 0 radical (unpaired) electrons. The minimum absolute atomic E-state index is 0.0302. The van der Waals surface area contributed by atoms with Crippen LogP contribution in [0.3, 0.4) is 0 Å². The first kappa shape index (κ1) is 17.1. The second-order valence-electron chi connectivity index (χ2n) is 6.56. The third-order valence-corrected chi connectivity index (χ3v) is 4.73. The van der Waals surface area contributed by atoms with Crippen LogP contribution in [0.25, 0.3) is 0 Å². The lowest BCUT2D eigenvalue weighted by Crippen LogP contribution is -2.42. The average Bonchev–Trinajstić information content (AvgIpc) is 2.94. The topological polar surface area (TPSA) is 57.2 Å². The van der Waals surface area contributed by atoms with E-state index >= 15 is 0 Å². The molecule has 22 heavy (non-hydrogen) atoms. The number of carbonyl (C=O) groups excluding carboxylic acids is 1. The zero-order valence-corrected chi connectivity index (χ0v) is 14.2. The highest BCUT2D eigenvalue weighted by atomic mass is 16.5. The van der Waals surface area contributed by atoms with Crippen molar-refractivity contribution in [2.45, 2.75) is 25.7 Å². The minimum atomic E-state index is 0.0302. The van der Waals surface area contributed by atoms with Crippen molar-refractivity contribution in [2.75, 3.05) is 54.0 Å². The maximum absolute atomic E-state index is 11.8. The Labute approximate surface area is 133 Å². The highest BCUT2D eigenvalue weighted by Gasteiger charge is 2.35. The minimum Gasteiger partial charge on any atom is -0.383 e. The lowest BCUT2D eigenvalue weighted by atomic mass is 9.82. The van der Waals surface area contributed by atoms with E-state index in [4.69, 9.17) is 4.74 Å². The summed E-state index contributed by atoms with van der Waals surface area (Å²) in [4.78, 5) is 20.2. The molecular formula is C16H30N4O2. The maximum Gasteiger partial charge on any atom is 0.243 e. The first-order valence-electron chi connectivity index (χ1n) is 8.34. The van der Waals surface area contributed by atoms with Gasteiger partial charge in [-0.25, -0.2) is 4.99 Å². The summed E-state index contributed by atoms with van der Waals surface area (Å²) in [6, 6.07) is 0. The highest BCUT2D eigenvalue weighted by molar-refractivity contribution is 5.85. The molecule has 126 valence electrons. The molecule has 0 aromatic carbocycles. The van der Waals surface area contributed by atoms with Crippen LogP contribution in [0.4, 0.5) is 0 Å². The fourth-order valence-electron chi connectivity index (χ4n) is 3.40. The molecule has 6 heteroatoms. The third kappa shape index (κ3) is 4.60. The monoisotopic (exact) mass is 310 g/mol. The van der Waals surface area contributed by atoms with Gasteiger partial charge >= 0.3 is 0 Å². The number of methoxy groups -OCH3 is 1. The van der Waals surface area contributed by atoms with Gasteiger partial charge in [0.1, 0.15) is 6.54 Å². The summed E-state index contributed by atoms with van der Waals surface area (Å²) in [6.07, 6.45) is 5.39. The van der Waals surface area contributed by atoms with E-state index in [0.29, 0.717) is 6.61 Å². The fourth-order valence-corrected chi connectivity index (χ4v) is 3.40. The van der Waals surface area contributed by atoms with E-state index in [2.05, 4.69) is 15.2 Å². The summed E-state index contributed by atoms with van der Waals surface area (Å²) < 4.78 is 5.10. The molecule has 0 spiro atoms. The van der Waals surface area contributed by atoms with Crippen LogP contribution >= 0.6 is 0 Å². The Morgan fingerprint density at radius 1 is 1.27 bits per heavy atom. The van der Waals surface area contributed by atoms with Crippen LogP contribution in [0, 0.1) is 11.8 Å². The summed E-state index contributed by atoms with van der Waals surface area (Å²) in [5, 5.41) is 3.35. The molecule has 1 N–H and O–H groups in total. The van der Waals surface area contributed by atoms with Gasteiger partial charge in [-0.15, -0.1) is 0 Å². The SMILES string of the molecule is COCCNC(=NCC(=O)N(C)C)N1CC2CCCCC2C1. The average molecular weight is 310 g/mol. The zero-order valence-electron chi connectivity index (χ0n) is 14.2. The van der Waals surface area contributed by atoms with Crippen molar-refractivity contribution in [1.82, 2.24) is 15.1 Å². The number of guanidine groups is 1. The Hall–Kier alpha value is -1.30. The van der Waals surface area contributed by atoms with Crippen molar-refractivity contribution in [3.63, 3.8) is 0 Å². The molecule has 2 rings (SSSR count). The molecule has 1 saturated heterocycles. The van der Waals surface area contributed by atoms with Crippen LogP contribution < -0.4 is 5.32 Å². The van der Waals surface area contributed by atoms with Crippen molar-refractivity contribution in [3.05, 3.63) is 0 Å². The molecule has 0 bridgehead atoms. The summed E-state index contributed by atoms with van der Waals surface area (Å²) >= 11 is 0. The van der Waals surface area contributed by atoms with Gasteiger partial charge in [-0.1, -0.05) is 12.8 Å². The van der Waals surface area contributed by atoms with Gasteiger partial charge in [0, 0.05) is 40.8 Å². The Morgan fingerprint density at radius 2 is 1.91 bits per heavy atom. The number of ether oxygens (including phenoxy) is 1. The molecule has 1 aliphatic carbocycles. The number of fused-ring (bicyclic) bond motifs is 1. The number of rotatable bonds is 5. The largest absolute Gasteiger partial charge is 0.383 e. The van der Waals surface area contributed by atoms with Crippen LogP contribution in [0.5, 0.6) is 0 Å². The maximum atomic E-state index is 11.8. The molecular weight excluding hydrogens is 280 g/mol. The third-order valence-electron chi connectivity index (χ3n) is 4.73. The molecule has 1 saturated carbocycles. The molecule has 1 aliphatic heterocycles. The summed E-state index contributed by atoms with van der Waals surface area (Å²) in [6.45, 7) is 3.70. The zero-order chi connectivity index (χ0) is 15.9. The predicted molar refractivity (Wildman–Crippen MR) is 87.9 cm³/mol. The number of nitrogens with zero attached hydrogens (tertiary/aromatic N) is 3. The number of aliphatic imine (C=N–C) groups is 1. The van der Waals surface area contributed by atoms with Gasteiger partial charge in [0.15, 0.2) is 5.96 Å². The van der Waals surface area contributed by atoms with Crippen molar-refractivity contribution >= 4 is 11.9 Å². The van der Waals surface area contributed by atoms with Crippen LogP contribution in [-0.2, 0) is 9.53 Å². The van der Waals surface area contributed by atoms with E-state index in [1.807, 2.05) is 0 Å². The summed E-state index contributed by atoms with van der Waals surface area (Å²) in [7, 11) is 5.22. The highest BCUT2D eigenvalue weighted by Crippen LogP contribution is 2.35. The molecule has 6 nitrogen and oxygen atoms in total. The van der Waals surface area contributed by atoms with Crippen molar-refractivity contribution < 1.29 is 9.53 Å². The van der Waals surface area contributed by atoms with E-state index in [1.165, 1.54) is 25.7 Å². The van der Waals surface area contributed by atoms with E-state index < -0.39 is 0 Å². The smallest absolute Gasteiger partial charge is 0.243 e. The standard InChI is InChI=1S/C16H30N4O2/c1-19(2)15(21)10-18-16(17-8-9-22-3)20-11-13-6-4-5-7-14(13)12-20/h13-14H,4-12H2,1-3H3,(H,17,18). The Morgan fingerprint density at radius 3 is 2.45 bits per heavy atom. The van der Waals surface area contributed by atoms with Gasteiger partial charge in [-0.2, -0.15) is 0 Å². The Balaban J connectivity index is 1.97. The van der Waals surface area contributed by atoms with Crippen molar-refractivity contribution in [3.8, 4) is 0 Å². The molecule has 1 amide bonds. The van der Waals surface area contributed by atoms with Crippen LogP contribution in [0.15, 0.2) is 4.99 Å². The number of hydrogen-bond acceptors (Lipinski definition) is 3. The number of carbonyl (C=O) groups is 1. The summed E-state index contributed by atoms with van der Waals surface area (Å²) in [5.74, 6) is 2.49. The van der Waals surface area contributed by atoms with Crippen molar-refractivity contribution in [2.24, 2.45) is 16.8 Å². The number of hydrogen-bond donors (Lipinski definition) is 1. The predicted octanol–water partition coefficient (Wildman–Crippen LogP) is 0.789. The van der Waals surface area contributed by atoms with Crippen LogP contribution in [-0.4, -0.2) is 75.7 Å². The normalized spacial score (nSPS) is 25.0. The fraction of sp³-hybridized carbons (Fsp3) is 0.875. The Kier molecular flexibility index (Phi) is 6.49. The van der Waals surface area contributed by atoms with Gasteiger partial charge in [-0.05, 0) is 24.7 Å². The molecule has 1 heterocycles. The number of likely N-dealkylation sites (tertiary alicyclic amines) is 1. The van der Waals surface area contributed by atoms with E-state index in [-0.39, 0.29) is 12.5 Å². The lowest BCUT2D eigenvalue weighted by Gasteiger charge is -2.22. The quantitative estimate of drug-likeness (QED) is 0.463. The molecule has 0 aromatic rings. The second-order valence-corrected chi connectivity index (χ2v) is 6.56. The molecule has 2 unspecified atom stereocenters. The van der Waals surface area contributed by atoms with E-state index in [1.54, 1.807) is 26.1 Å². The molecule has 0 aromatic heterocycles. The summed E-state index contributed by atoms with van der Waals surface area (Å²) in [5.41, 5.74) is 0. The van der Waals surface area contributed by atoms with Gasteiger partial charge in [0.05, 0.1) is 6.61 Å². The number of likely N-dealkylation sites (N-methyl/N-ethyl adjacent to an activating group) is 1. The van der Waals surface area contributed by atoms with Gasteiger partial charge in [-0.3, -0.25) is 4.79 Å². The lowest BCUT2D eigenvalue weighted by molar-refractivity contribution is -0.127. The van der Waals surface area contributed by atoms with Gasteiger partial charge < -0.3 is 19.9 Å². The van der Waals surface area contributed by atoms with Crippen LogP contribution in [0.1, 0.15) is 25.7 Å². The molecule has 2 aliphatic rings. The van der Waals surface area contributed by atoms with E-state index in [9.17, 15) is 4.79 Å². The first-order valence-corrected chi connectivity index (χ1v) is 8.34.